The predicted molar refractivity (Wildman–Crippen MR) is 49.9 cm³/mol. The van der Waals surface area contributed by atoms with E-state index < -0.39 is 0 Å². The van der Waals surface area contributed by atoms with Crippen molar-refractivity contribution >= 4 is 0 Å². The SMILES string of the molecule is C=CCNC(C)Cn1cccn1. The topological polar surface area (TPSA) is 29.9 Å². The second-order valence-electron chi connectivity index (χ2n) is 2.83. The highest BCUT2D eigenvalue weighted by molar-refractivity contribution is 4.79. The molecule has 0 fully saturated rings. The average molecular weight is 165 g/mol. The van der Waals surface area contributed by atoms with Gasteiger partial charge >= 0.3 is 0 Å². The first-order valence-electron chi connectivity index (χ1n) is 4.14. The van der Waals surface area contributed by atoms with E-state index in [1.165, 1.54) is 0 Å². The van der Waals surface area contributed by atoms with Crippen molar-refractivity contribution < 1.29 is 0 Å². The number of nitrogens with zero attached hydrogens (tertiary/aromatic N) is 2. The van der Waals surface area contributed by atoms with Crippen molar-refractivity contribution in [1.29, 1.82) is 0 Å². The highest BCUT2D eigenvalue weighted by Crippen LogP contribution is 1.89. The molecule has 12 heavy (non-hydrogen) atoms. The zero-order chi connectivity index (χ0) is 8.81. The van der Waals surface area contributed by atoms with Gasteiger partial charge in [0.15, 0.2) is 0 Å². The second-order valence-corrected chi connectivity index (χ2v) is 2.83. The van der Waals surface area contributed by atoms with Crippen LogP contribution in [0.5, 0.6) is 0 Å². The average Bonchev–Trinajstić information content (AvgIpc) is 2.53. The summed E-state index contributed by atoms with van der Waals surface area (Å²) in [5.74, 6) is 0. The van der Waals surface area contributed by atoms with Gasteiger partial charge in [-0.2, -0.15) is 5.10 Å². The van der Waals surface area contributed by atoms with Gasteiger partial charge < -0.3 is 5.32 Å². The molecule has 1 aromatic heterocycles. The lowest BCUT2D eigenvalue weighted by molar-refractivity contribution is 0.469. The minimum Gasteiger partial charge on any atom is -0.309 e. The first kappa shape index (κ1) is 9.00. The van der Waals surface area contributed by atoms with Crippen LogP contribution in [0.3, 0.4) is 0 Å². The van der Waals surface area contributed by atoms with Crippen molar-refractivity contribution in [3.63, 3.8) is 0 Å². The van der Waals surface area contributed by atoms with Crippen LogP contribution in [-0.4, -0.2) is 22.4 Å². The summed E-state index contributed by atoms with van der Waals surface area (Å²) < 4.78 is 1.92. The Bertz CT molecular complexity index is 216. The summed E-state index contributed by atoms with van der Waals surface area (Å²) in [4.78, 5) is 0. The Morgan fingerprint density at radius 2 is 2.58 bits per heavy atom. The molecule has 0 amide bonds. The van der Waals surface area contributed by atoms with E-state index in [0.717, 1.165) is 13.1 Å². The van der Waals surface area contributed by atoms with Gasteiger partial charge in [0.25, 0.3) is 0 Å². The lowest BCUT2D eigenvalue weighted by atomic mass is 10.3. The maximum atomic E-state index is 4.12. The van der Waals surface area contributed by atoms with Crippen LogP contribution in [0.25, 0.3) is 0 Å². The molecule has 66 valence electrons. The summed E-state index contributed by atoms with van der Waals surface area (Å²) in [5, 5.41) is 7.41. The quantitative estimate of drug-likeness (QED) is 0.661. The van der Waals surface area contributed by atoms with E-state index in [9.17, 15) is 0 Å². The van der Waals surface area contributed by atoms with Crippen LogP contribution in [0, 0.1) is 0 Å². The molecular weight excluding hydrogens is 150 g/mol. The largest absolute Gasteiger partial charge is 0.309 e. The van der Waals surface area contributed by atoms with Crippen LogP contribution >= 0.6 is 0 Å². The van der Waals surface area contributed by atoms with Gasteiger partial charge in [0.1, 0.15) is 0 Å². The molecule has 0 aliphatic rings. The van der Waals surface area contributed by atoms with Gasteiger partial charge in [0.05, 0.1) is 6.54 Å². The highest BCUT2D eigenvalue weighted by Gasteiger charge is 1.99. The molecule has 1 aromatic rings. The van der Waals surface area contributed by atoms with Crippen LogP contribution in [0.2, 0.25) is 0 Å². The fourth-order valence-electron chi connectivity index (χ4n) is 1.04. The van der Waals surface area contributed by atoms with Gasteiger partial charge in [-0.15, -0.1) is 6.58 Å². The van der Waals surface area contributed by atoms with Crippen molar-refractivity contribution in [3.8, 4) is 0 Å². The second kappa shape index (κ2) is 4.72. The molecule has 1 rings (SSSR count). The van der Waals surface area contributed by atoms with Crippen LogP contribution in [0.1, 0.15) is 6.92 Å². The van der Waals surface area contributed by atoms with Gasteiger partial charge in [-0.1, -0.05) is 6.08 Å². The van der Waals surface area contributed by atoms with E-state index in [-0.39, 0.29) is 0 Å². The number of hydrogen-bond acceptors (Lipinski definition) is 2. The Hall–Kier alpha value is -1.09. The van der Waals surface area contributed by atoms with Crippen molar-refractivity contribution in [2.45, 2.75) is 19.5 Å². The number of hydrogen-bond donors (Lipinski definition) is 1. The van der Waals surface area contributed by atoms with Crippen LogP contribution < -0.4 is 5.32 Å². The van der Waals surface area contributed by atoms with Gasteiger partial charge in [-0.05, 0) is 13.0 Å². The Balaban J connectivity index is 2.26. The van der Waals surface area contributed by atoms with Crippen molar-refractivity contribution in [2.75, 3.05) is 6.54 Å². The molecule has 0 radical (unpaired) electrons. The normalized spacial score (nSPS) is 12.8. The molecule has 3 nitrogen and oxygen atoms in total. The number of rotatable bonds is 5. The Morgan fingerprint density at radius 1 is 1.75 bits per heavy atom. The zero-order valence-electron chi connectivity index (χ0n) is 7.40. The summed E-state index contributed by atoms with van der Waals surface area (Å²) in [5.41, 5.74) is 0. The summed E-state index contributed by atoms with van der Waals surface area (Å²) in [6.45, 7) is 7.53. The lowest BCUT2D eigenvalue weighted by Crippen LogP contribution is -2.30. The minimum absolute atomic E-state index is 0.433. The van der Waals surface area contributed by atoms with Crippen molar-refractivity contribution in [2.24, 2.45) is 0 Å². The highest BCUT2D eigenvalue weighted by atomic mass is 15.3. The summed E-state index contributed by atoms with van der Waals surface area (Å²) >= 11 is 0. The van der Waals surface area contributed by atoms with Crippen molar-refractivity contribution in [1.82, 2.24) is 15.1 Å². The van der Waals surface area contributed by atoms with Crippen LogP contribution in [0.4, 0.5) is 0 Å². The standard InChI is InChI=1S/C9H15N3/c1-3-5-10-9(2)8-12-7-4-6-11-12/h3-4,6-7,9-10H,1,5,8H2,2H3. The van der Waals surface area contributed by atoms with Crippen LogP contribution in [0.15, 0.2) is 31.1 Å². The maximum absolute atomic E-state index is 4.12. The third-order valence-electron chi connectivity index (χ3n) is 1.63. The molecule has 1 unspecified atom stereocenters. The van der Waals surface area contributed by atoms with Gasteiger partial charge in [0, 0.05) is 25.0 Å². The maximum Gasteiger partial charge on any atom is 0.0560 e. The van der Waals surface area contributed by atoms with Gasteiger partial charge in [0.2, 0.25) is 0 Å². The molecule has 1 heterocycles. The van der Waals surface area contributed by atoms with E-state index >= 15 is 0 Å². The van der Waals surface area contributed by atoms with Gasteiger partial charge in [-0.3, -0.25) is 4.68 Å². The molecule has 0 aliphatic heterocycles. The summed E-state index contributed by atoms with van der Waals surface area (Å²) in [6.07, 6.45) is 5.62. The van der Waals surface area contributed by atoms with E-state index in [4.69, 9.17) is 0 Å². The molecule has 0 aromatic carbocycles. The van der Waals surface area contributed by atoms with E-state index in [1.807, 2.05) is 23.0 Å². The molecule has 0 bridgehead atoms. The molecular formula is C9H15N3. The fourth-order valence-corrected chi connectivity index (χ4v) is 1.04. The molecule has 1 atom stereocenters. The van der Waals surface area contributed by atoms with E-state index in [2.05, 4.69) is 23.9 Å². The number of nitrogens with one attached hydrogen (secondary N) is 1. The predicted octanol–water partition coefficient (Wildman–Crippen LogP) is 1.05. The zero-order valence-corrected chi connectivity index (χ0v) is 7.40. The first-order valence-corrected chi connectivity index (χ1v) is 4.14. The minimum atomic E-state index is 0.433. The first-order chi connectivity index (χ1) is 5.83. The third-order valence-corrected chi connectivity index (χ3v) is 1.63. The van der Waals surface area contributed by atoms with E-state index in [0.29, 0.717) is 6.04 Å². The van der Waals surface area contributed by atoms with Crippen LogP contribution in [-0.2, 0) is 6.54 Å². The monoisotopic (exact) mass is 165 g/mol. The third kappa shape index (κ3) is 2.88. The lowest BCUT2D eigenvalue weighted by Gasteiger charge is -2.11. The van der Waals surface area contributed by atoms with Crippen molar-refractivity contribution in [3.05, 3.63) is 31.1 Å². The smallest absolute Gasteiger partial charge is 0.0560 e. The Labute approximate surface area is 73.1 Å². The fraction of sp³-hybridized carbons (Fsp3) is 0.444. The number of aromatic nitrogens is 2. The molecule has 0 saturated carbocycles. The molecule has 0 aliphatic carbocycles. The molecule has 3 heteroatoms. The Morgan fingerprint density at radius 3 is 3.17 bits per heavy atom. The molecule has 0 spiro atoms. The Kier molecular flexibility index (Phi) is 3.54. The molecule has 1 N–H and O–H groups in total. The summed E-state index contributed by atoms with van der Waals surface area (Å²) in [6, 6.07) is 2.36. The van der Waals surface area contributed by atoms with Gasteiger partial charge in [-0.25, -0.2) is 0 Å². The molecule has 0 saturated heterocycles. The van der Waals surface area contributed by atoms with E-state index in [1.54, 1.807) is 6.20 Å². The summed E-state index contributed by atoms with van der Waals surface area (Å²) in [7, 11) is 0.